The lowest BCUT2D eigenvalue weighted by Gasteiger charge is -2.11. The predicted molar refractivity (Wildman–Crippen MR) is 89.1 cm³/mol. The molecule has 0 atom stereocenters. The maximum absolute atomic E-state index is 14.0. The Labute approximate surface area is 142 Å². The number of hydrogen-bond acceptors (Lipinski definition) is 3. The molecule has 23 heavy (non-hydrogen) atoms. The van der Waals surface area contributed by atoms with E-state index < -0.39 is 17.5 Å². The summed E-state index contributed by atoms with van der Waals surface area (Å²) < 4.78 is 32.0. The Morgan fingerprint density at radius 3 is 2.70 bits per heavy atom. The zero-order chi connectivity index (χ0) is 17.0. The largest absolute Gasteiger partial charge is 0.490 e. The average molecular weight is 356 g/mol. The normalized spacial score (nSPS) is 10.3. The number of carbonyl (C=O) groups is 1. The quantitative estimate of drug-likeness (QED) is 0.827. The molecule has 1 N–H and O–H groups in total. The lowest BCUT2D eigenvalue weighted by Crippen LogP contribution is -2.14. The summed E-state index contributed by atoms with van der Waals surface area (Å²) in [6, 6.07) is 7.54. The minimum absolute atomic E-state index is 0.0717. The molecule has 1 amide bonds. The predicted octanol–water partition coefficient (Wildman–Crippen LogP) is 4.39. The van der Waals surface area contributed by atoms with Gasteiger partial charge in [0.25, 0.3) is 5.91 Å². The van der Waals surface area contributed by atoms with Crippen LogP contribution in [-0.2, 0) is 11.2 Å². The molecule has 7 heteroatoms. The first-order valence-electron chi connectivity index (χ1n) is 6.52. The minimum Gasteiger partial charge on any atom is -0.490 e. The van der Waals surface area contributed by atoms with Crippen LogP contribution in [0.15, 0.2) is 36.4 Å². The Morgan fingerprint density at radius 2 is 2.04 bits per heavy atom. The summed E-state index contributed by atoms with van der Waals surface area (Å²) in [5.41, 5.74) is 0.514. The van der Waals surface area contributed by atoms with E-state index in [1.165, 1.54) is 31.4 Å². The second-order valence-electron chi connectivity index (χ2n) is 4.64. The van der Waals surface area contributed by atoms with Crippen molar-refractivity contribution in [2.24, 2.45) is 0 Å². The van der Waals surface area contributed by atoms with Gasteiger partial charge >= 0.3 is 0 Å². The van der Waals surface area contributed by atoms with Crippen molar-refractivity contribution in [2.75, 3.05) is 12.4 Å². The molecule has 2 rings (SSSR count). The third kappa shape index (κ3) is 4.46. The molecule has 120 valence electrons. The van der Waals surface area contributed by atoms with E-state index in [0.29, 0.717) is 5.56 Å². The summed E-state index contributed by atoms with van der Waals surface area (Å²) in [5.74, 6) is -1.89. The van der Waals surface area contributed by atoms with Gasteiger partial charge in [-0.05, 0) is 48.1 Å². The highest BCUT2D eigenvalue weighted by molar-refractivity contribution is 7.80. The Bertz CT molecular complexity index is 768. The monoisotopic (exact) mass is 355 g/mol. The first-order chi connectivity index (χ1) is 10.9. The highest BCUT2D eigenvalue weighted by atomic mass is 35.5. The minimum atomic E-state index is -0.702. The molecule has 0 aliphatic carbocycles. The zero-order valence-corrected chi connectivity index (χ0v) is 13.6. The number of benzene rings is 2. The number of anilines is 1. The summed E-state index contributed by atoms with van der Waals surface area (Å²) in [7, 11) is 1.42. The van der Waals surface area contributed by atoms with Crippen LogP contribution in [0, 0.1) is 11.6 Å². The van der Waals surface area contributed by atoms with E-state index in [9.17, 15) is 13.6 Å². The van der Waals surface area contributed by atoms with Crippen molar-refractivity contribution in [1.82, 2.24) is 0 Å². The number of methoxy groups -OCH3 is 1. The van der Waals surface area contributed by atoms with Crippen LogP contribution in [0.1, 0.15) is 15.9 Å². The first kappa shape index (κ1) is 17.3. The number of hydrogen-bond donors (Lipinski definition) is 1. The topological polar surface area (TPSA) is 38.3 Å². The van der Waals surface area contributed by atoms with E-state index in [4.69, 9.17) is 28.6 Å². The van der Waals surface area contributed by atoms with Crippen molar-refractivity contribution in [3.63, 3.8) is 0 Å². The van der Waals surface area contributed by atoms with Gasteiger partial charge < -0.3 is 10.1 Å². The summed E-state index contributed by atoms with van der Waals surface area (Å²) >= 11 is 10.9. The maximum Gasteiger partial charge on any atom is 0.255 e. The van der Waals surface area contributed by atoms with Gasteiger partial charge in [0.1, 0.15) is 11.6 Å². The summed E-state index contributed by atoms with van der Waals surface area (Å²) in [4.78, 5) is 12.1. The fourth-order valence-electron chi connectivity index (χ4n) is 1.88. The van der Waals surface area contributed by atoms with Crippen LogP contribution in [-0.4, -0.2) is 18.1 Å². The molecule has 0 aromatic heterocycles. The number of thiocarbonyl (C=S) groups is 1. The Kier molecular flexibility index (Phi) is 5.63. The van der Waals surface area contributed by atoms with E-state index in [0.717, 1.165) is 12.1 Å². The van der Waals surface area contributed by atoms with Gasteiger partial charge in [0, 0.05) is 17.0 Å². The van der Waals surface area contributed by atoms with Gasteiger partial charge in [0.05, 0.1) is 12.8 Å². The number of ether oxygens (including phenoxy) is 1. The highest BCUT2D eigenvalue weighted by Gasteiger charge is 2.14. The van der Waals surface area contributed by atoms with E-state index in [2.05, 4.69) is 5.32 Å². The van der Waals surface area contributed by atoms with Crippen molar-refractivity contribution in [3.8, 4) is 0 Å². The molecule has 2 aromatic rings. The van der Waals surface area contributed by atoms with Crippen LogP contribution < -0.4 is 5.32 Å². The van der Waals surface area contributed by atoms with Gasteiger partial charge in [-0.2, -0.15) is 0 Å². The highest BCUT2D eigenvalue weighted by Crippen LogP contribution is 2.25. The molecule has 0 unspecified atom stereocenters. The van der Waals surface area contributed by atoms with Gasteiger partial charge in [-0.15, -0.1) is 0 Å². The standard InChI is InChI=1S/C16H12ClF2NO2S/c1-22-15(23)7-10-6-14(13(19)8-12(10)17)20-16(21)9-3-2-4-11(18)5-9/h2-6,8H,7H2,1H3,(H,20,21). The Hall–Kier alpha value is -2.05. The molecule has 0 fully saturated rings. The average Bonchev–Trinajstić information content (AvgIpc) is 2.51. The smallest absolute Gasteiger partial charge is 0.255 e. The summed E-state index contributed by atoms with van der Waals surface area (Å²) in [5, 5.41) is 2.84. The lowest BCUT2D eigenvalue weighted by atomic mass is 10.1. The van der Waals surface area contributed by atoms with Gasteiger partial charge in [-0.25, -0.2) is 8.78 Å². The van der Waals surface area contributed by atoms with E-state index in [-0.39, 0.29) is 27.7 Å². The fraction of sp³-hybridized carbons (Fsp3) is 0.125. The Balaban J connectivity index is 2.27. The van der Waals surface area contributed by atoms with Crippen molar-refractivity contribution >= 4 is 40.5 Å². The SMILES string of the molecule is COC(=S)Cc1cc(NC(=O)c2cccc(F)c2)c(F)cc1Cl. The number of nitrogens with one attached hydrogen (secondary N) is 1. The zero-order valence-electron chi connectivity index (χ0n) is 12.0. The van der Waals surface area contributed by atoms with Crippen LogP contribution in [0.5, 0.6) is 0 Å². The van der Waals surface area contributed by atoms with Crippen molar-refractivity contribution in [2.45, 2.75) is 6.42 Å². The maximum atomic E-state index is 14.0. The molecule has 2 aromatic carbocycles. The van der Waals surface area contributed by atoms with Gasteiger partial charge in [-0.1, -0.05) is 17.7 Å². The molecule has 0 saturated heterocycles. The van der Waals surface area contributed by atoms with Gasteiger partial charge in [0.2, 0.25) is 0 Å². The molecule has 0 aliphatic rings. The van der Waals surface area contributed by atoms with Crippen LogP contribution in [0.3, 0.4) is 0 Å². The first-order valence-corrected chi connectivity index (χ1v) is 7.31. The second-order valence-corrected chi connectivity index (χ2v) is 5.50. The molecule has 0 bridgehead atoms. The number of halogens is 3. The van der Waals surface area contributed by atoms with Crippen LogP contribution in [0.25, 0.3) is 0 Å². The molecule has 3 nitrogen and oxygen atoms in total. The summed E-state index contributed by atoms with van der Waals surface area (Å²) in [6.45, 7) is 0. The van der Waals surface area contributed by atoms with Gasteiger partial charge in [-0.3, -0.25) is 4.79 Å². The fourth-order valence-corrected chi connectivity index (χ4v) is 2.25. The van der Waals surface area contributed by atoms with Crippen molar-refractivity contribution in [1.29, 1.82) is 0 Å². The number of amides is 1. The van der Waals surface area contributed by atoms with Gasteiger partial charge in [0.15, 0.2) is 5.05 Å². The molecule has 0 radical (unpaired) electrons. The van der Waals surface area contributed by atoms with E-state index >= 15 is 0 Å². The molecule has 0 saturated carbocycles. The molecular formula is C16H12ClF2NO2S. The van der Waals surface area contributed by atoms with Crippen molar-refractivity contribution < 1.29 is 18.3 Å². The molecule has 0 spiro atoms. The Morgan fingerprint density at radius 1 is 1.30 bits per heavy atom. The van der Waals surface area contributed by atoms with E-state index in [1.54, 1.807) is 0 Å². The van der Waals surface area contributed by atoms with E-state index in [1.807, 2.05) is 0 Å². The number of carbonyl (C=O) groups excluding carboxylic acids is 1. The molecular weight excluding hydrogens is 344 g/mol. The second kappa shape index (κ2) is 7.48. The summed E-state index contributed by atoms with van der Waals surface area (Å²) in [6.07, 6.45) is 0.202. The third-order valence-electron chi connectivity index (χ3n) is 3.03. The molecule has 0 aliphatic heterocycles. The molecule has 0 heterocycles. The van der Waals surface area contributed by atoms with Crippen LogP contribution in [0.4, 0.5) is 14.5 Å². The van der Waals surface area contributed by atoms with Crippen molar-refractivity contribution in [3.05, 3.63) is 64.2 Å². The lowest BCUT2D eigenvalue weighted by molar-refractivity contribution is 0.102. The van der Waals surface area contributed by atoms with Crippen LogP contribution >= 0.6 is 23.8 Å². The van der Waals surface area contributed by atoms with Crippen LogP contribution in [0.2, 0.25) is 5.02 Å². The third-order valence-corrected chi connectivity index (χ3v) is 3.70. The number of rotatable bonds is 4.